The number of aliphatic hydroxyl groups excluding tert-OH is 1. The zero-order valence-electron chi connectivity index (χ0n) is 11.1. The maximum atomic E-state index is 13.7. The molecule has 1 heterocycles. The number of benzene rings is 1. The predicted molar refractivity (Wildman–Crippen MR) is 72.9 cm³/mol. The normalized spacial score (nSPS) is 21.5. The fraction of sp³-hybridized carbons (Fsp3) is 0.500. The summed E-state index contributed by atoms with van der Waals surface area (Å²) in [5.41, 5.74) is 0.00430. The number of aliphatic hydroxyl groups is 1. The fourth-order valence-corrected chi connectivity index (χ4v) is 2.48. The average molecular weight is 302 g/mol. The molecule has 20 heavy (non-hydrogen) atoms. The average Bonchev–Trinajstić information content (AvgIpc) is 2.92. The van der Waals surface area contributed by atoms with E-state index in [1.54, 1.807) is 6.92 Å². The van der Waals surface area contributed by atoms with Crippen molar-refractivity contribution in [3.8, 4) is 0 Å². The van der Waals surface area contributed by atoms with Gasteiger partial charge in [-0.3, -0.25) is 4.79 Å². The molecule has 110 valence electrons. The molecular formula is C14H17ClFNO3. The van der Waals surface area contributed by atoms with Crippen LogP contribution in [-0.2, 0) is 9.53 Å². The Labute approximate surface area is 121 Å². The summed E-state index contributed by atoms with van der Waals surface area (Å²) >= 11 is 5.90. The van der Waals surface area contributed by atoms with E-state index in [0.717, 1.165) is 0 Å². The van der Waals surface area contributed by atoms with Crippen LogP contribution in [0.15, 0.2) is 18.2 Å². The van der Waals surface area contributed by atoms with Gasteiger partial charge in [0.05, 0.1) is 18.6 Å². The third kappa shape index (κ3) is 3.29. The highest BCUT2D eigenvalue weighted by atomic mass is 35.5. The van der Waals surface area contributed by atoms with E-state index in [0.29, 0.717) is 19.6 Å². The molecular weight excluding hydrogens is 285 g/mol. The third-order valence-corrected chi connectivity index (χ3v) is 3.77. The van der Waals surface area contributed by atoms with Crippen LogP contribution in [-0.4, -0.2) is 30.3 Å². The molecule has 1 fully saturated rings. The fourth-order valence-electron chi connectivity index (χ4n) is 2.21. The molecule has 0 bridgehead atoms. The first-order valence-electron chi connectivity index (χ1n) is 6.50. The zero-order chi connectivity index (χ0) is 14.7. The standard InChI is InChI=1S/C14H17ClFNO3/c1-8(17-14(19)9-5-6-20-7-9)13(18)12-10(15)3-2-4-11(12)16/h2-4,8-9,13,18H,5-7H2,1H3,(H,17,19)/t8-,9-,13+/m0/s1. The van der Waals surface area contributed by atoms with E-state index in [1.165, 1.54) is 18.2 Å². The molecule has 3 atom stereocenters. The van der Waals surface area contributed by atoms with Gasteiger partial charge in [-0.1, -0.05) is 17.7 Å². The highest BCUT2D eigenvalue weighted by molar-refractivity contribution is 6.31. The Hall–Kier alpha value is -1.17. The number of rotatable bonds is 4. The van der Waals surface area contributed by atoms with Crippen molar-refractivity contribution in [2.45, 2.75) is 25.5 Å². The van der Waals surface area contributed by atoms with E-state index >= 15 is 0 Å². The number of nitrogens with one attached hydrogen (secondary N) is 1. The lowest BCUT2D eigenvalue weighted by Crippen LogP contribution is -2.41. The number of amides is 1. The van der Waals surface area contributed by atoms with Crippen LogP contribution in [0.25, 0.3) is 0 Å². The van der Waals surface area contributed by atoms with Gasteiger partial charge in [0, 0.05) is 17.2 Å². The van der Waals surface area contributed by atoms with Crippen LogP contribution < -0.4 is 5.32 Å². The summed E-state index contributed by atoms with van der Waals surface area (Å²) in [6, 6.07) is 3.55. The molecule has 0 radical (unpaired) electrons. The summed E-state index contributed by atoms with van der Waals surface area (Å²) in [7, 11) is 0. The molecule has 1 saturated heterocycles. The molecule has 2 N–H and O–H groups in total. The van der Waals surface area contributed by atoms with Crippen molar-refractivity contribution in [2.75, 3.05) is 13.2 Å². The largest absolute Gasteiger partial charge is 0.386 e. The van der Waals surface area contributed by atoms with Gasteiger partial charge in [0.25, 0.3) is 0 Å². The monoisotopic (exact) mass is 301 g/mol. The van der Waals surface area contributed by atoms with Gasteiger partial charge in [-0.2, -0.15) is 0 Å². The maximum Gasteiger partial charge on any atom is 0.225 e. The maximum absolute atomic E-state index is 13.7. The van der Waals surface area contributed by atoms with Crippen LogP contribution in [0.1, 0.15) is 25.0 Å². The SMILES string of the molecule is C[C@H](NC(=O)[C@H]1CCOC1)[C@@H](O)c1c(F)cccc1Cl. The van der Waals surface area contributed by atoms with E-state index < -0.39 is 18.0 Å². The molecule has 0 saturated carbocycles. The van der Waals surface area contributed by atoms with E-state index in [1.807, 2.05) is 0 Å². The number of hydrogen-bond acceptors (Lipinski definition) is 3. The lowest BCUT2D eigenvalue weighted by Gasteiger charge is -2.23. The molecule has 1 aromatic carbocycles. The first-order chi connectivity index (χ1) is 9.50. The van der Waals surface area contributed by atoms with Gasteiger partial charge in [0.15, 0.2) is 0 Å². The van der Waals surface area contributed by atoms with Crippen LogP contribution in [0.3, 0.4) is 0 Å². The first kappa shape index (κ1) is 15.2. The second kappa shape index (κ2) is 6.52. The molecule has 6 heteroatoms. The van der Waals surface area contributed by atoms with Crippen molar-refractivity contribution in [2.24, 2.45) is 5.92 Å². The quantitative estimate of drug-likeness (QED) is 0.895. The molecule has 1 aliphatic rings. The van der Waals surface area contributed by atoms with Crippen molar-refractivity contribution >= 4 is 17.5 Å². The highest BCUT2D eigenvalue weighted by Gasteiger charge is 2.28. The zero-order valence-corrected chi connectivity index (χ0v) is 11.9. The van der Waals surface area contributed by atoms with Crippen molar-refractivity contribution < 1.29 is 19.0 Å². The number of ether oxygens (including phenoxy) is 1. The van der Waals surface area contributed by atoms with Crippen molar-refractivity contribution in [3.05, 3.63) is 34.6 Å². The van der Waals surface area contributed by atoms with Crippen molar-refractivity contribution in [1.29, 1.82) is 0 Å². The van der Waals surface area contributed by atoms with Gasteiger partial charge in [-0.15, -0.1) is 0 Å². The number of carbonyl (C=O) groups excluding carboxylic acids is 1. The van der Waals surface area contributed by atoms with Gasteiger partial charge in [-0.05, 0) is 25.5 Å². The van der Waals surface area contributed by atoms with Crippen LogP contribution in [0.4, 0.5) is 4.39 Å². The topological polar surface area (TPSA) is 58.6 Å². The first-order valence-corrected chi connectivity index (χ1v) is 6.88. The van der Waals surface area contributed by atoms with E-state index in [9.17, 15) is 14.3 Å². The molecule has 2 rings (SSSR count). The summed E-state index contributed by atoms with van der Waals surface area (Å²) < 4.78 is 18.9. The minimum absolute atomic E-state index is 0.00430. The molecule has 0 aliphatic carbocycles. The van der Waals surface area contributed by atoms with Gasteiger partial charge in [0.2, 0.25) is 5.91 Å². The van der Waals surface area contributed by atoms with Crippen molar-refractivity contribution in [3.63, 3.8) is 0 Å². The minimum atomic E-state index is -1.20. The van der Waals surface area contributed by atoms with E-state index in [4.69, 9.17) is 16.3 Å². The van der Waals surface area contributed by atoms with Crippen LogP contribution in [0, 0.1) is 11.7 Å². The Balaban J connectivity index is 2.04. The number of carbonyl (C=O) groups is 1. The molecule has 0 aromatic heterocycles. The molecule has 1 aromatic rings. The summed E-state index contributed by atoms with van der Waals surface area (Å²) in [6.45, 7) is 2.56. The summed E-state index contributed by atoms with van der Waals surface area (Å²) in [4.78, 5) is 11.9. The third-order valence-electron chi connectivity index (χ3n) is 3.44. The Kier molecular flexibility index (Phi) is 4.96. The predicted octanol–water partition coefficient (Wildman–Crippen LogP) is 2.05. The minimum Gasteiger partial charge on any atom is -0.386 e. The summed E-state index contributed by atoms with van der Waals surface area (Å²) in [5, 5.41) is 13.0. The Morgan fingerprint density at radius 1 is 1.60 bits per heavy atom. The lowest BCUT2D eigenvalue weighted by molar-refractivity contribution is -0.126. The Bertz CT molecular complexity index is 471. The molecule has 0 spiro atoms. The second-order valence-electron chi connectivity index (χ2n) is 4.94. The highest BCUT2D eigenvalue weighted by Crippen LogP contribution is 2.28. The molecule has 4 nitrogen and oxygen atoms in total. The van der Waals surface area contributed by atoms with Crippen LogP contribution in [0.5, 0.6) is 0 Å². The van der Waals surface area contributed by atoms with Gasteiger partial charge >= 0.3 is 0 Å². The van der Waals surface area contributed by atoms with Gasteiger partial charge < -0.3 is 15.2 Å². The van der Waals surface area contributed by atoms with Gasteiger partial charge in [0.1, 0.15) is 11.9 Å². The second-order valence-corrected chi connectivity index (χ2v) is 5.35. The number of hydrogen-bond donors (Lipinski definition) is 2. The van der Waals surface area contributed by atoms with E-state index in [-0.39, 0.29) is 22.4 Å². The number of halogens is 2. The molecule has 1 amide bonds. The molecule has 1 aliphatic heterocycles. The van der Waals surface area contributed by atoms with Crippen LogP contribution >= 0.6 is 11.6 Å². The van der Waals surface area contributed by atoms with Crippen LogP contribution in [0.2, 0.25) is 5.02 Å². The smallest absolute Gasteiger partial charge is 0.225 e. The van der Waals surface area contributed by atoms with E-state index in [2.05, 4.69) is 5.32 Å². The summed E-state index contributed by atoms with van der Waals surface area (Å²) in [5.74, 6) is -0.988. The Morgan fingerprint density at radius 3 is 2.95 bits per heavy atom. The van der Waals surface area contributed by atoms with Gasteiger partial charge in [-0.25, -0.2) is 4.39 Å². The lowest BCUT2D eigenvalue weighted by atomic mass is 10.0. The van der Waals surface area contributed by atoms with Crippen molar-refractivity contribution in [1.82, 2.24) is 5.32 Å². The molecule has 0 unspecified atom stereocenters. The Morgan fingerprint density at radius 2 is 2.35 bits per heavy atom. The summed E-state index contributed by atoms with van der Waals surface area (Å²) in [6.07, 6.45) is -0.537.